The van der Waals surface area contributed by atoms with Crippen LogP contribution in [-0.2, 0) is 11.2 Å². The molecule has 0 radical (unpaired) electrons. The van der Waals surface area contributed by atoms with Crippen LogP contribution >= 0.6 is 0 Å². The molecule has 0 aliphatic carbocycles. The molecule has 8 nitrogen and oxygen atoms in total. The van der Waals surface area contributed by atoms with Gasteiger partial charge in [-0.15, -0.1) is 0 Å². The maximum Gasteiger partial charge on any atom is 0.273 e. The van der Waals surface area contributed by atoms with Crippen molar-refractivity contribution in [3.05, 3.63) is 99.4 Å². The number of nitro groups is 1. The molecule has 0 unspecified atom stereocenters. The molecule has 35 heavy (non-hydrogen) atoms. The quantitative estimate of drug-likeness (QED) is 0.425. The van der Waals surface area contributed by atoms with E-state index in [9.17, 15) is 24.1 Å². The monoisotopic (exact) mass is 476 g/mol. The number of nitro benzene ring substituents is 1. The predicted molar refractivity (Wildman–Crippen MR) is 131 cm³/mol. The van der Waals surface area contributed by atoms with E-state index < -0.39 is 10.8 Å². The average molecular weight is 477 g/mol. The second kappa shape index (κ2) is 10.3. The van der Waals surface area contributed by atoms with E-state index in [4.69, 9.17) is 0 Å². The van der Waals surface area contributed by atoms with Crippen molar-refractivity contribution in [2.45, 2.75) is 13.3 Å². The molecule has 1 aliphatic rings. The SMILES string of the molecule is Cc1ccc(C(=O)Nc2ccc(N3CCN(C(=O)Cc4ccc(F)cc4)CC3)cc2)cc1[N+](=O)[O-]. The molecule has 180 valence electrons. The van der Waals surface area contributed by atoms with Crippen molar-refractivity contribution < 1.29 is 18.9 Å². The van der Waals surface area contributed by atoms with E-state index in [2.05, 4.69) is 10.2 Å². The first-order chi connectivity index (χ1) is 16.8. The molecule has 0 atom stereocenters. The molecule has 2 amide bonds. The van der Waals surface area contributed by atoms with Crippen LogP contribution in [0.1, 0.15) is 21.5 Å². The van der Waals surface area contributed by atoms with E-state index in [1.807, 2.05) is 17.0 Å². The van der Waals surface area contributed by atoms with Gasteiger partial charge in [0.25, 0.3) is 11.6 Å². The maximum absolute atomic E-state index is 13.1. The Bertz CT molecular complexity index is 1240. The Hall–Kier alpha value is -4.27. The number of halogens is 1. The molecule has 1 heterocycles. The number of carbonyl (C=O) groups excluding carboxylic acids is 2. The van der Waals surface area contributed by atoms with E-state index >= 15 is 0 Å². The highest BCUT2D eigenvalue weighted by Gasteiger charge is 2.21. The Morgan fingerprint density at radius 3 is 2.26 bits per heavy atom. The van der Waals surface area contributed by atoms with Gasteiger partial charge in [0, 0.05) is 54.7 Å². The number of benzene rings is 3. The third-order valence-electron chi connectivity index (χ3n) is 6.06. The number of aryl methyl sites for hydroxylation is 1. The minimum Gasteiger partial charge on any atom is -0.368 e. The number of anilines is 2. The van der Waals surface area contributed by atoms with Crippen LogP contribution in [-0.4, -0.2) is 47.8 Å². The summed E-state index contributed by atoms with van der Waals surface area (Å²) in [5, 5.41) is 13.9. The predicted octanol–water partition coefficient (Wildman–Crippen LogP) is 4.19. The lowest BCUT2D eigenvalue weighted by atomic mass is 10.1. The number of piperazine rings is 1. The Balaban J connectivity index is 1.31. The van der Waals surface area contributed by atoms with Gasteiger partial charge in [0.2, 0.25) is 5.91 Å². The van der Waals surface area contributed by atoms with E-state index in [-0.39, 0.29) is 29.4 Å². The van der Waals surface area contributed by atoms with Crippen LogP contribution in [0, 0.1) is 22.9 Å². The van der Waals surface area contributed by atoms with Gasteiger partial charge >= 0.3 is 0 Å². The first-order valence-electron chi connectivity index (χ1n) is 11.2. The third-order valence-corrected chi connectivity index (χ3v) is 6.06. The summed E-state index contributed by atoms with van der Waals surface area (Å²) in [4.78, 5) is 39.7. The van der Waals surface area contributed by atoms with Crippen LogP contribution in [0.2, 0.25) is 0 Å². The molecular formula is C26H25FN4O4. The van der Waals surface area contributed by atoms with Crippen molar-refractivity contribution >= 4 is 28.9 Å². The van der Waals surface area contributed by atoms with Gasteiger partial charge in [-0.05, 0) is 55.0 Å². The molecule has 0 bridgehead atoms. The Morgan fingerprint density at radius 2 is 1.63 bits per heavy atom. The Morgan fingerprint density at radius 1 is 0.971 bits per heavy atom. The summed E-state index contributed by atoms with van der Waals surface area (Å²) in [5.41, 5.74) is 2.95. The topological polar surface area (TPSA) is 95.8 Å². The molecule has 3 aromatic rings. The van der Waals surface area contributed by atoms with Crippen molar-refractivity contribution in [1.82, 2.24) is 4.90 Å². The number of hydrogen-bond acceptors (Lipinski definition) is 5. The van der Waals surface area contributed by atoms with Gasteiger partial charge in [-0.3, -0.25) is 19.7 Å². The van der Waals surface area contributed by atoms with Crippen molar-refractivity contribution in [2.75, 3.05) is 36.4 Å². The Labute approximate surface area is 202 Å². The molecule has 3 aromatic carbocycles. The van der Waals surface area contributed by atoms with Crippen LogP contribution in [0.5, 0.6) is 0 Å². The molecule has 1 fully saturated rings. The highest BCUT2D eigenvalue weighted by Crippen LogP contribution is 2.22. The maximum atomic E-state index is 13.1. The zero-order valence-electron chi connectivity index (χ0n) is 19.2. The van der Waals surface area contributed by atoms with Crippen molar-refractivity contribution in [3.8, 4) is 0 Å². The molecule has 1 N–H and O–H groups in total. The fourth-order valence-corrected chi connectivity index (χ4v) is 4.01. The van der Waals surface area contributed by atoms with Crippen LogP contribution < -0.4 is 10.2 Å². The molecular weight excluding hydrogens is 451 g/mol. The zero-order valence-corrected chi connectivity index (χ0v) is 19.2. The average Bonchev–Trinajstić information content (AvgIpc) is 2.86. The van der Waals surface area contributed by atoms with Crippen LogP contribution in [0.3, 0.4) is 0 Å². The van der Waals surface area contributed by atoms with E-state index in [1.165, 1.54) is 18.2 Å². The van der Waals surface area contributed by atoms with Crippen molar-refractivity contribution in [1.29, 1.82) is 0 Å². The minimum atomic E-state index is -0.503. The molecule has 0 saturated carbocycles. The summed E-state index contributed by atoms with van der Waals surface area (Å²) in [7, 11) is 0. The fraction of sp³-hybridized carbons (Fsp3) is 0.231. The van der Waals surface area contributed by atoms with E-state index in [0.29, 0.717) is 37.4 Å². The number of carbonyl (C=O) groups is 2. The number of hydrogen-bond donors (Lipinski definition) is 1. The van der Waals surface area contributed by atoms with Gasteiger partial charge in [-0.25, -0.2) is 4.39 Å². The van der Waals surface area contributed by atoms with Gasteiger partial charge in [0.1, 0.15) is 5.82 Å². The summed E-state index contributed by atoms with van der Waals surface area (Å²) < 4.78 is 13.1. The highest BCUT2D eigenvalue weighted by atomic mass is 19.1. The Kier molecular flexibility index (Phi) is 7.05. The molecule has 9 heteroatoms. The van der Waals surface area contributed by atoms with E-state index in [1.54, 1.807) is 43.3 Å². The number of nitrogens with one attached hydrogen (secondary N) is 1. The minimum absolute atomic E-state index is 0.0191. The molecule has 0 aromatic heterocycles. The largest absolute Gasteiger partial charge is 0.368 e. The number of nitrogens with zero attached hydrogens (tertiary/aromatic N) is 3. The molecule has 1 saturated heterocycles. The molecule has 0 spiro atoms. The summed E-state index contributed by atoms with van der Waals surface area (Å²) in [6.45, 7) is 4.15. The normalized spacial score (nSPS) is 13.4. The van der Waals surface area contributed by atoms with Gasteiger partial charge in [0.15, 0.2) is 0 Å². The summed E-state index contributed by atoms with van der Waals surface area (Å²) in [6, 6.07) is 17.7. The van der Waals surface area contributed by atoms with Crippen LogP contribution in [0.15, 0.2) is 66.7 Å². The third kappa shape index (κ3) is 5.81. The molecule has 1 aliphatic heterocycles. The van der Waals surface area contributed by atoms with Crippen LogP contribution in [0.25, 0.3) is 0 Å². The highest BCUT2D eigenvalue weighted by molar-refractivity contribution is 6.04. The van der Waals surface area contributed by atoms with Gasteiger partial charge in [-0.1, -0.05) is 18.2 Å². The number of amides is 2. The standard InChI is InChI=1S/C26H25FN4O4/c1-18-2-5-20(17-24(18)31(34)35)26(33)28-22-8-10-23(11-9-22)29-12-14-30(15-13-29)25(32)16-19-3-6-21(27)7-4-19/h2-11,17H,12-16H2,1H3,(H,28,33). The van der Waals surface area contributed by atoms with Crippen molar-refractivity contribution in [3.63, 3.8) is 0 Å². The molecule has 4 rings (SSSR count). The van der Waals surface area contributed by atoms with Gasteiger partial charge in [0.05, 0.1) is 11.3 Å². The van der Waals surface area contributed by atoms with Crippen LogP contribution in [0.4, 0.5) is 21.5 Å². The summed E-state index contributed by atoms with van der Waals surface area (Å²) in [6.07, 6.45) is 0.249. The number of rotatable bonds is 6. The lowest BCUT2D eigenvalue weighted by molar-refractivity contribution is -0.385. The first-order valence-corrected chi connectivity index (χ1v) is 11.2. The smallest absolute Gasteiger partial charge is 0.273 e. The summed E-state index contributed by atoms with van der Waals surface area (Å²) >= 11 is 0. The lowest BCUT2D eigenvalue weighted by Crippen LogP contribution is -2.49. The first kappa shape index (κ1) is 23.9. The fourth-order valence-electron chi connectivity index (χ4n) is 4.01. The second-order valence-electron chi connectivity index (χ2n) is 8.43. The van der Waals surface area contributed by atoms with Gasteiger partial charge in [-0.2, -0.15) is 0 Å². The summed E-state index contributed by atoms with van der Waals surface area (Å²) in [5.74, 6) is -0.723. The van der Waals surface area contributed by atoms with E-state index in [0.717, 1.165) is 11.3 Å². The lowest BCUT2D eigenvalue weighted by Gasteiger charge is -2.36. The van der Waals surface area contributed by atoms with Crippen molar-refractivity contribution in [2.24, 2.45) is 0 Å². The second-order valence-corrected chi connectivity index (χ2v) is 8.43. The van der Waals surface area contributed by atoms with Gasteiger partial charge < -0.3 is 15.1 Å². The zero-order chi connectivity index (χ0) is 24.9.